The van der Waals surface area contributed by atoms with E-state index in [1.54, 1.807) is 41.0 Å². The third-order valence-corrected chi connectivity index (χ3v) is 5.75. The van der Waals surface area contributed by atoms with Gasteiger partial charge in [0.2, 0.25) is 5.75 Å². The van der Waals surface area contributed by atoms with Gasteiger partial charge < -0.3 is 24.1 Å². The average Bonchev–Trinajstić information content (AvgIpc) is 3.26. The van der Waals surface area contributed by atoms with Crippen LogP contribution in [0.1, 0.15) is 27.7 Å². The molecule has 4 rings (SSSR count). The second-order valence-corrected chi connectivity index (χ2v) is 7.76. The molecule has 0 aliphatic heterocycles. The molecule has 0 fully saturated rings. The van der Waals surface area contributed by atoms with E-state index >= 15 is 0 Å². The molecule has 0 saturated heterocycles. The molecule has 1 N–H and O–H groups in total. The monoisotopic (exact) mass is 473 g/mol. The molecule has 35 heavy (non-hydrogen) atoms. The largest absolute Gasteiger partial charge is 0.493 e. The molecule has 1 heterocycles. The Morgan fingerprint density at radius 2 is 1.66 bits per heavy atom. The number of nitriles is 1. The summed E-state index contributed by atoms with van der Waals surface area (Å²) in [5.74, 6) is 0.281. The molecule has 1 atom stereocenters. The van der Waals surface area contributed by atoms with Crippen LogP contribution in [0.5, 0.6) is 17.2 Å². The molecule has 1 aromatic heterocycles. The predicted molar refractivity (Wildman–Crippen MR) is 129 cm³/mol. The third kappa shape index (κ3) is 4.62. The Labute approximate surface area is 202 Å². The Balaban J connectivity index is 1.72. The first-order chi connectivity index (χ1) is 17.0. The molecule has 0 bridgehead atoms. The first-order valence-electron chi connectivity index (χ1n) is 10.8. The van der Waals surface area contributed by atoms with Gasteiger partial charge >= 0.3 is 0 Å². The summed E-state index contributed by atoms with van der Waals surface area (Å²) >= 11 is 0. The van der Waals surface area contributed by atoms with Gasteiger partial charge in [0.15, 0.2) is 11.5 Å². The molecule has 0 aliphatic rings. The van der Waals surface area contributed by atoms with E-state index in [9.17, 15) is 14.4 Å². The summed E-state index contributed by atoms with van der Waals surface area (Å²) < 4.78 is 32.2. The molecule has 0 aliphatic carbocycles. The highest BCUT2D eigenvalue weighted by Crippen LogP contribution is 2.39. The SMILES string of the molecule is COc1cc(C(C#N)NC(=O)c2cc3ccccc3n2Cc2ccccc2F)cc(OC)c1OC. The Bertz CT molecular complexity index is 1400. The Morgan fingerprint density at radius 3 is 2.29 bits per heavy atom. The summed E-state index contributed by atoms with van der Waals surface area (Å²) in [6.07, 6.45) is 0. The fourth-order valence-corrected chi connectivity index (χ4v) is 4.03. The molecule has 0 radical (unpaired) electrons. The van der Waals surface area contributed by atoms with Crippen LogP contribution < -0.4 is 19.5 Å². The normalized spacial score (nSPS) is 11.5. The summed E-state index contributed by atoms with van der Waals surface area (Å²) in [6.45, 7) is 0.157. The molecule has 1 amide bonds. The molecule has 178 valence electrons. The van der Waals surface area contributed by atoms with Gasteiger partial charge in [-0.15, -0.1) is 0 Å². The number of nitrogens with zero attached hydrogens (tertiary/aromatic N) is 2. The average molecular weight is 474 g/mol. The number of amides is 1. The lowest BCUT2D eigenvalue weighted by Crippen LogP contribution is -2.29. The van der Waals surface area contributed by atoms with Crippen LogP contribution in [0.2, 0.25) is 0 Å². The maximum atomic E-state index is 14.4. The van der Waals surface area contributed by atoms with E-state index in [1.807, 2.05) is 24.3 Å². The fourth-order valence-electron chi connectivity index (χ4n) is 4.03. The van der Waals surface area contributed by atoms with Crippen molar-refractivity contribution in [1.82, 2.24) is 9.88 Å². The quantitative estimate of drug-likeness (QED) is 0.395. The minimum absolute atomic E-state index is 0.157. The number of methoxy groups -OCH3 is 3. The van der Waals surface area contributed by atoms with Crippen molar-refractivity contribution < 1.29 is 23.4 Å². The Kier molecular flexibility index (Phi) is 6.88. The summed E-state index contributed by atoms with van der Waals surface area (Å²) in [7, 11) is 4.43. The molecular formula is C27H24FN3O4. The number of hydrogen-bond donors (Lipinski definition) is 1. The zero-order valence-corrected chi connectivity index (χ0v) is 19.5. The van der Waals surface area contributed by atoms with E-state index in [-0.39, 0.29) is 12.4 Å². The molecule has 3 aromatic carbocycles. The Morgan fingerprint density at radius 1 is 1.00 bits per heavy atom. The van der Waals surface area contributed by atoms with Crippen molar-refractivity contribution in [3.8, 4) is 23.3 Å². The van der Waals surface area contributed by atoms with Crippen LogP contribution in [0, 0.1) is 17.1 Å². The van der Waals surface area contributed by atoms with E-state index < -0.39 is 11.9 Å². The zero-order chi connectivity index (χ0) is 24.9. The van der Waals surface area contributed by atoms with Crippen LogP contribution in [0.25, 0.3) is 10.9 Å². The molecule has 1 unspecified atom stereocenters. The van der Waals surface area contributed by atoms with Crippen molar-refractivity contribution in [2.24, 2.45) is 0 Å². The predicted octanol–water partition coefficient (Wildman–Crippen LogP) is 4.85. The van der Waals surface area contributed by atoms with E-state index in [0.717, 1.165) is 10.9 Å². The summed E-state index contributed by atoms with van der Waals surface area (Å²) in [4.78, 5) is 13.4. The van der Waals surface area contributed by atoms with Crippen molar-refractivity contribution >= 4 is 16.8 Å². The maximum Gasteiger partial charge on any atom is 0.269 e. The third-order valence-electron chi connectivity index (χ3n) is 5.75. The highest BCUT2D eigenvalue weighted by atomic mass is 19.1. The van der Waals surface area contributed by atoms with Gasteiger partial charge in [-0.1, -0.05) is 36.4 Å². The van der Waals surface area contributed by atoms with E-state index in [1.165, 1.54) is 27.4 Å². The van der Waals surface area contributed by atoms with Crippen molar-refractivity contribution in [2.45, 2.75) is 12.6 Å². The number of hydrogen-bond acceptors (Lipinski definition) is 5. The number of aromatic nitrogens is 1. The number of benzene rings is 3. The zero-order valence-electron chi connectivity index (χ0n) is 19.5. The molecule has 0 saturated carbocycles. The van der Waals surface area contributed by atoms with Crippen molar-refractivity contribution in [1.29, 1.82) is 5.26 Å². The van der Waals surface area contributed by atoms with Gasteiger partial charge in [0.25, 0.3) is 5.91 Å². The van der Waals surface area contributed by atoms with Crippen LogP contribution in [0.4, 0.5) is 4.39 Å². The summed E-state index contributed by atoms with van der Waals surface area (Å²) in [5, 5.41) is 13.5. The van der Waals surface area contributed by atoms with E-state index in [4.69, 9.17) is 14.2 Å². The first-order valence-corrected chi connectivity index (χ1v) is 10.8. The number of carbonyl (C=O) groups excluding carboxylic acids is 1. The molecule has 0 spiro atoms. The van der Waals surface area contributed by atoms with Crippen LogP contribution in [-0.2, 0) is 6.54 Å². The van der Waals surface area contributed by atoms with E-state index in [2.05, 4.69) is 11.4 Å². The molecule has 4 aromatic rings. The smallest absolute Gasteiger partial charge is 0.269 e. The highest BCUT2D eigenvalue weighted by molar-refractivity contribution is 5.99. The second kappa shape index (κ2) is 10.2. The van der Waals surface area contributed by atoms with Gasteiger partial charge in [-0.25, -0.2) is 4.39 Å². The minimum atomic E-state index is -1.00. The second-order valence-electron chi connectivity index (χ2n) is 7.76. The maximum absolute atomic E-state index is 14.4. The van der Waals surface area contributed by atoms with Gasteiger partial charge in [-0.3, -0.25) is 4.79 Å². The fraction of sp³-hybridized carbons (Fsp3) is 0.185. The number of halogens is 1. The summed E-state index contributed by atoms with van der Waals surface area (Å²) in [6, 6.07) is 20.0. The van der Waals surface area contributed by atoms with Crippen LogP contribution in [0.15, 0.2) is 66.7 Å². The van der Waals surface area contributed by atoms with Crippen LogP contribution >= 0.6 is 0 Å². The number of nitrogens with one attached hydrogen (secondary N) is 1. The van der Waals surface area contributed by atoms with Gasteiger partial charge in [0.1, 0.15) is 17.6 Å². The van der Waals surface area contributed by atoms with Gasteiger partial charge in [-0.2, -0.15) is 5.26 Å². The Hall–Kier alpha value is -4.51. The van der Waals surface area contributed by atoms with Gasteiger partial charge in [0, 0.05) is 16.5 Å². The molecular weight excluding hydrogens is 449 g/mol. The van der Waals surface area contributed by atoms with Gasteiger partial charge in [-0.05, 0) is 35.9 Å². The van der Waals surface area contributed by atoms with Crippen LogP contribution in [-0.4, -0.2) is 31.8 Å². The standard InChI is InChI=1S/C27H24FN3O4/c1-33-24-13-19(14-25(34-2)26(24)35-3)21(15-29)30-27(32)23-12-17-8-5-7-11-22(17)31(23)16-18-9-4-6-10-20(18)28/h4-14,21H,16H2,1-3H3,(H,30,32). The lowest BCUT2D eigenvalue weighted by Gasteiger charge is -2.18. The van der Waals surface area contributed by atoms with Gasteiger partial charge in [0.05, 0.1) is 33.9 Å². The molecule has 7 nitrogen and oxygen atoms in total. The molecule has 8 heteroatoms. The van der Waals surface area contributed by atoms with Crippen molar-refractivity contribution in [3.63, 3.8) is 0 Å². The highest BCUT2D eigenvalue weighted by Gasteiger charge is 2.23. The number of carbonyl (C=O) groups is 1. The lowest BCUT2D eigenvalue weighted by atomic mass is 10.1. The number of para-hydroxylation sites is 1. The first kappa shape index (κ1) is 23.6. The van der Waals surface area contributed by atoms with Crippen molar-refractivity contribution in [2.75, 3.05) is 21.3 Å². The lowest BCUT2D eigenvalue weighted by molar-refractivity contribution is 0.0936. The number of rotatable bonds is 8. The van der Waals surface area contributed by atoms with Crippen LogP contribution in [0.3, 0.4) is 0 Å². The topological polar surface area (TPSA) is 85.5 Å². The summed E-state index contributed by atoms with van der Waals surface area (Å²) in [5.41, 5.74) is 2.00. The number of fused-ring (bicyclic) bond motifs is 1. The minimum Gasteiger partial charge on any atom is -0.493 e. The van der Waals surface area contributed by atoms with Crippen molar-refractivity contribution in [3.05, 3.63) is 89.4 Å². The van der Waals surface area contributed by atoms with E-state index in [0.29, 0.717) is 34.1 Å². The number of ether oxygens (including phenoxy) is 3.